The summed E-state index contributed by atoms with van der Waals surface area (Å²) in [5, 5.41) is 11.2. The summed E-state index contributed by atoms with van der Waals surface area (Å²) in [5.41, 5.74) is 6.85. The van der Waals surface area contributed by atoms with E-state index in [1.165, 1.54) is 11.8 Å². The molecule has 0 bridgehead atoms. The average Bonchev–Trinajstić information content (AvgIpc) is 2.26. The second kappa shape index (κ2) is 5.73. The molecule has 4 nitrogen and oxygen atoms in total. The molecule has 1 aliphatic heterocycles. The molecule has 0 aromatic rings. The number of nitriles is 1. The fraction of sp³-hybridized carbons (Fsp3) is 0.455. The highest BCUT2D eigenvalue weighted by Gasteiger charge is 2.25. The van der Waals surface area contributed by atoms with E-state index < -0.39 is 0 Å². The molecule has 5 heteroatoms. The van der Waals surface area contributed by atoms with Gasteiger partial charge in [-0.05, 0) is 12.8 Å². The Balaban J connectivity index is 2.39. The summed E-state index contributed by atoms with van der Waals surface area (Å²) in [4.78, 5) is 11.5. The first kappa shape index (κ1) is 12.8. The Morgan fingerprint density at radius 2 is 2.50 bits per heavy atom. The van der Waals surface area contributed by atoms with Crippen LogP contribution in [-0.4, -0.2) is 23.0 Å². The van der Waals surface area contributed by atoms with Gasteiger partial charge < -0.3 is 11.1 Å². The van der Waals surface area contributed by atoms with Gasteiger partial charge in [0.2, 0.25) is 5.91 Å². The quantitative estimate of drug-likeness (QED) is 0.713. The highest BCUT2D eigenvalue weighted by atomic mass is 32.2. The summed E-state index contributed by atoms with van der Waals surface area (Å²) in [7, 11) is 0. The van der Waals surface area contributed by atoms with Crippen LogP contribution in [0.3, 0.4) is 0 Å². The molecule has 1 rings (SSSR count). The van der Waals surface area contributed by atoms with Gasteiger partial charge in [0.05, 0.1) is 11.3 Å². The SMILES string of the molecule is C=C1CCC(SCC(N)C(=C)C#N)C(=O)N1. The lowest BCUT2D eigenvalue weighted by Crippen LogP contribution is -2.38. The molecule has 16 heavy (non-hydrogen) atoms. The van der Waals surface area contributed by atoms with Crippen molar-refractivity contribution in [2.75, 3.05) is 5.75 Å². The van der Waals surface area contributed by atoms with Crippen molar-refractivity contribution in [2.24, 2.45) is 5.73 Å². The van der Waals surface area contributed by atoms with Gasteiger partial charge in [-0.1, -0.05) is 13.2 Å². The molecule has 2 atom stereocenters. The number of nitrogens with one attached hydrogen (secondary N) is 1. The van der Waals surface area contributed by atoms with E-state index in [0.29, 0.717) is 11.3 Å². The molecule has 1 fully saturated rings. The molecular formula is C11H15N3OS. The lowest BCUT2D eigenvalue weighted by atomic mass is 10.1. The van der Waals surface area contributed by atoms with E-state index in [1.54, 1.807) is 0 Å². The highest BCUT2D eigenvalue weighted by molar-refractivity contribution is 8.00. The minimum atomic E-state index is -0.368. The van der Waals surface area contributed by atoms with Gasteiger partial charge in [-0.2, -0.15) is 5.26 Å². The molecule has 3 N–H and O–H groups in total. The topological polar surface area (TPSA) is 78.9 Å². The minimum absolute atomic E-state index is 0.0176. The van der Waals surface area contributed by atoms with Crippen LogP contribution in [0.2, 0.25) is 0 Å². The van der Waals surface area contributed by atoms with Crippen LogP contribution in [-0.2, 0) is 4.79 Å². The van der Waals surface area contributed by atoms with E-state index in [0.717, 1.165) is 18.5 Å². The standard InChI is InChI=1S/C11H15N3OS/c1-7(5-12)9(13)6-16-10-4-3-8(2)14-11(10)15/h9-10H,1-4,6,13H2,(H,14,15). The second-order valence-electron chi connectivity index (χ2n) is 3.70. The van der Waals surface area contributed by atoms with E-state index in [2.05, 4.69) is 18.5 Å². The number of piperidine rings is 1. The molecule has 0 aromatic carbocycles. The molecule has 1 aliphatic rings. The fourth-order valence-corrected chi connectivity index (χ4v) is 2.45. The molecule has 0 spiro atoms. The van der Waals surface area contributed by atoms with Gasteiger partial charge in [-0.3, -0.25) is 4.79 Å². The van der Waals surface area contributed by atoms with Crippen LogP contribution < -0.4 is 11.1 Å². The predicted molar refractivity (Wildman–Crippen MR) is 65.5 cm³/mol. The monoisotopic (exact) mass is 237 g/mol. The van der Waals surface area contributed by atoms with Crippen LogP contribution in [0.15, 0.2) is 24.4 Å². The van der Waals surface area contributed by atoms with Gasteiger partial charge >= 0.3 is 0 Å². The summed E-state index contributed by atoms with van der Waals surface area (Å²) in [5.74, 6) is 0.521. The first-order valence-electron chi connectivity index (χ1n) is 4.99. The molecule has 1 amide bonds. The van der Waals surface area contributed by atoms with Crippen molar-refractivity contribution in [1.82, 2.24) is 5.32 Å². The summed E-state index contributed by atoms with van der Waals surface area (Å²) >= 11 is 1.47. The fourth-order valence-electron chi connectivity index (χ4n) is 1.32. The van der Waals surface area contributed by atoms with Crippen molar-refractivity contribution >= 4 is 17.7 Å². The van der Waals surface area contributed by atoms with Crippen molar-refractivity contribution in [3.8, 4) is 6.07 Å². The number of carbonyl (C=O) groups excluding carboxylic acids is 1. The van der Waals surface area contributed by atoms with Crippen LogP contribution in [0.4, 0.5) is 0 Å². The number of hydrogen-bond donors (Lipinski definition) is 2. The van der Waals surface area contributed by atoms with E-state index >= 15 is 0 Å². The Hall–Kier alpha value is -1.25. The number of nitrogens with two attached hydrogens (primary N) is 1. The number of carbonyl (C=O) groups is 1. The maximum Gasteiger partial charge on any atom is 0.237 e. The second-order valence-corrected chi connectivity index (χ2v) is 4.93. The van der Waals surface area contributed by atoms with E-state index in [4.69, 9.17) is 11.0 Å². The summed E-state index contributed by atoms with van der Waals surface area (Å²) in [6.45, 7) is 7.27. The maximum atomic E-state index is 11.5. The molecular weight excluding hydrogens is 222 g/mol. The number of amides is 1. The first-order chi connectivity index (χ1) is 7.54. The van der Waals surface area contributed by atoms with E-state index in [1.807, 2.05) is 6.07 Å². The van der Waals surface area contributed by atoms with Crippen molar-refractivity contribution in [3.05, 3.63) is 24.4 Å². The first-order valence-corrected chi connectivity index (χ1v) is 6.04. The minimum Gasteiger partial charge on any atom is -0.329 e. The maximum absolute atomic E-state index is 11.5. The molecule has 2 unspecified atom stereocenters. The lowest BCUT2D eigenvalue weighted by Gasteiger charge is -2.23. The van der Waals surface area contributed by atoms with Gasteiger partial charge in [0, 0.05) is 23.1 Å². The third-order valence-corrected chi connectivity index (χ3v) is 3.77. The smallest absolute Gasteiger partial charge is 0.237 e. The number of hydrogen-bond acceptors (Lipinski definition) is 4. The zero-order valence-corrected chi connectivity index (χ0v) is 9.85. The Morgan fingerprint density at radius 3 is 3.06 bits per heavy atom. The third-order valence-electron chi connectivity index (χ3n) is 2.37. The van der Waals surface area contributed by atoms with Gasteiger partial charge in [0.25, 0.3) is 0 Å². The largest absolute Gasteiger partial charge is 0.329 e. The summed E-state index contributed by atoms with van der Waals surface area (Å²) in [6.07, 6.45) is 1.58. The van der Waals surface area contributed by atoms with Gasteiger partial charge in [-0.25, -0.2) is 0 Å². The van der Waals surface area contributed by atoms with E-state index in [-0.39, 0.29) is 17.2 Å². The molecule has 1 saturated heterocycles. The van der Waals surface area contributed by atoms with Crippen molar-refractivity contribution < 1.29 is 4.79 Å². The zero-order valence-electron chi connectivity index (χ0n) is 9.03. The summed E-state index contributed by atoms with van der Waals surface area (Å²) in [6, 6.07) is 1.56. The zero-order chi connectivity index (χ0) is 12.1. The lowest BCUT2D eigenvalue weighted by molar-refractivity contribution is -0.120. The number of thioether (sulfide) groups is 1. The molecule has 1 heterocycles. The van der Waals surface area contributed by atoms with Crippen LogP contribution >= 0.6 is 11.8 Å². The van der Waals surface area contributed by atoms with Crippen molar-refractivity contribution in [3.63, 3.8) is 0 Å². The molecule has 0 radical (unpaired) electrons. The molecule has 0 saturated carbocycles. The average molecular weight is 237 g/mol. The number of rotatable bonds is 4. The van der Waals surface area contributed by atoms with Gasteiger partial charge in [-0.15, -0.1) is 11.8 Å². The predicted octanol–water partition coefficient (Wildman–Crippen LogP) is 0.919. The molecule has 0 aromatic heterocycles. The Labute approximate surface area is 99.6 Å². The number of allylic oxidation sites excluding steroid dienone is 1. The van der Waals surface area contributed by atoms with Crippen LogP contribution in [0.1, 0.15) is 12.8 Å². The van der Waals surface area contributed by atoms with Crippen LogP contribution in [0.25, 0.3) is 0 Å². The number of nitrogens with zero attached hydrogens (tertiary/aromatic N) is 1. The van der Waals surface area contributed by atoms with Crippen LogP contribution in [0, 0.1) is 11.3 Å². The Kier molecular flexibility index (Phi) is 4.59. The Morgan fingerprint density at radius 1 is 1.81 bits per heavy atom. The Bertz CT molecular complexity index is 359. The van der Waals surface area contributed by atoms with E-state index in [9.17, 15) is 4.79 Å². The normalized spacial score (nSPS) is 22.1. The van der Waals surface area contributed by atoms with Crippen molar-refractivity contribution in [1.29, 1.82) is 5.26 Å². The van der Waals surface area contributed by atoms with Gasteiger partial charge in [0.1, 0.15) is 0 Å². The molecule has 86 valence electrons. The summed E-state index contributed by atoms with van der Waals surface area (Å²) < 4.78 is 0. The van der Waals surface area contributed by atoms with Crippen molar-refractivity contribution in [2.45, 2.75) is 24.1 Å². The van der Waals surface area contributed by atoms with Gasteiger partial charge in [0.15, 0.2) is 0 Å². The third kappa shape index (κ3) is 3.40. The molecule has 0 aliphatic carbocycles. The van der Waals surface area contributed by atoms with Crippen LogP contribution in [0.5, 0.6) is 0 Å². The highest BCUT2D eigenvalue weighted by Crippen LogP contribution is 2.23.